The predicted molar refractivity (Wildman–Crippen MR) is 98.8 cm³/mol. The summed E-state index contributed by atoms with van der Waals surface area (Å²) >= 11 is 0. The highest BCUT2D eigenvalue weighted by Crippen LogP contribution is 2.28. The number of rotatable bonds is 10. The van der Waals surface area contributed by atoms with E-state index in [9.17, 15) is 4.79 Å². The smallest absolute Gasteiger partial charge is 0.338 e. The van der Waals surface area contributed by atoms with Crippen molar-refractivity contribution < 1.29 is 14.3 Å². The zero-order valence-electron chi connectivity index (χ0n) is 15.2. The summed E-state index contributed by atoms with van der Waals surface area (Å²) in [6, 6.07) is 7.39. The van der Waals surface area contributed by atoms with Crippen molar-refractivity contribution in [3.63, 3.8) is 0 Å². The zero-order valence-corrected chi connectivity index (χ0v) is 15.2. The van der Waals surface area contributed by atoms with Gasteiger partial charge in [0.15, 0.2) is 5.96 Å². The van der Waals surface area contributed by atoms with Crippen LogP contribution in [0.25, 0.3) is 0 Å². The molecule has 2 N–H and O–H groups in total. The predicted octanol–water partition coefficient (Wildman–Crippen LogP) is 2.34. The van der Waals surface area contributed by atoms with Gasteiger partial charge in [0.2, 0.25) is 0 Å². The van der Waals surface area contributed by atoms with E-state index in [1.165, 1.54) is 12.8 Å². The van der Waals surface area contributed by atoms with Crippen molar-refractivity contribution in [2.45, 2.75) is 32.7 Å². The molecule has 138 valence electrons. The summed E-state index contributed by atoms with van der Waals surface area (Å²) < 4.78 is 10.6. The average molecular weight is 347 g/mol. The second-order valence-corrected chi connectivity index (χ2v) is 6.14. The van der Waals surface area contributed by atoms with Gasteiger partial charge in [-0.05, 0) is 49.8 Å². The van der Waals surface area contributed by atoms with E-state index in [4.69, 9.17) is 9.47 Å². The van der Waals surface area contributed by atoms with Crippen molar-refractivity contribution in [2.24, 2.45) is 10.9 Å². The lowest BCUT2D eigenvalue weighted by molar-refractivity contribution is 0.0526. The third kappa shape index (κ3) is 7.56. The molecule has 25 heavy (non-hydrogen) atoms. The van der Waals surface area contributed by atoms with Crippen LogP contribution in [0, 0.1) is 5.92 Å². The Labute approximate surface area is 150 Å². The molecule has 1 saturated carbocycles. The highest BCUT2D eigenvalue weighted by molar-refractivity contribution is 5.89. The molecule has 0 aromatic heterocycles. The zero-order chi connectivity index (χ0) is 17.9. The highest BCUT2D eigenvalue weighted by Gasteiger charge is 2.20. The summed E-state index contributed by atoms with van der Waals surface area (Å²) in [7, 11) is 1.75. The molecule has 0 amide bonds. The van der Waals surface area contributed by atoms with E-state index in [1.54, 1.807) is 26.1 Å². The van der Waals surface area contributed by atoms with Gasteiger partial charge in [-0.3, -0.25) is 4.99 Å². The summed E-state index contributed by atoms with van der Waals surface area (Å²) in [5.41, 5.74) is 1.64. The topological polar surface area (TPSA) is 72.0 Å². The number of nitrogens with one attached hydrogen (secondary N) is 2. The second-order valence-electron chi connectivity index (χ2n) is 6.14. The Balaban J connectivity index is 1.62. The first kappa shape index (κ1) is 19.2. The molecular weight excluding hydrogens is 318 g/mol. The van der Waals surface area contributed by atoms with E-state index < -0.39 is 0 Å². The Morgan fingerprint density at radius 3 is 2.64 bits per heavy atom. The Morgan fingerprint density at radius 2 is 2.00 bits per heavy atom. The maximum atomic E-state index is 11.6. The van der Waals surface area contributed by atoms with Gasteiger partial charge in [0, 0.05) is 33.4 Å². The largest absolute Gasteiger partial charge is 0.462 e. The molecule has 1 aliphatic carbocycles. The summed E-state index contributed by atoms with van der Waals surface area (Å²) in [6.45, 7) is 5.35. The van der Waals surface area contributed by atoms with Crippen molar-refractivity contribution in [1.82, 2.24) is 10.6 Å². The van der Waals surface area contributed by atoms with Gasteiger partial charge < -0.3 is 20.1 Å². The highest BCUT2D eigenvalue weighted by atomic mass is 16.5. The maximum Gasteiger partial charge on any atom is 0.338 e. The van der Waals surface area contributed by atoms with Crippen LogP contribution in [0.1, 0.15) is 42.1 Å². The SMILES string of the molecule is CCOC(=O)c1ccc(CNC(=NC)NCCCOCC2CC2)cc1. The van der Waals surface area contributed by atoms with Crippen LogP contribution in [-0.2, 0) is 16.0 Å². The molecule has 6 heteroatoms. The molecule has 1 aromatic rings. The molecule has 0 spiro atoms. The first-order valence-corrected chi connectivity index (χ1v) is 9.01. The van der Waals surface area contributed by atoms with Gasteiger partial charge in [-0.2, -0.15) is 0 Å². The van der Waals surface area contributed by atoms with E-state index in [-0.39, 0.29) is 5.97 Å². The summed E-state index contributed by atoms with van der Waals surface area (Å²) in [5, 5.41) is 6.54. The lowest BCUT2D eigenvalue weighted by atomic mass is 10.1. The molecule has 1 aliphatic rings. The quantitative estimate of drug-likeness (QED) is 0.294. The van der Waals surface area contributed by atoms with E-state index in [2.05, 4.69) is 15.6 Å². The molecule has 0 heterocycles. The van der Waals surface area contributed by atoms with E-state index in [1.807, 2.05) is 12.1 Å². The van der Waals surface area contributed by atoms with Crippen LogP contribution in [0.2, 0.25) is 0 Å². The monoisotopic (exact) mass is 347 g/mol. The number of hydrogen-bond donors (Lipinski definition) is 2. The molecule has 0 aliphatic heterocycles. The first-order chi connectivity index (χ1) is 12.2. The maximum absolute atomic E-state index is 11.6. The number of carbonyl (C=O) groups excluding carboxylic acids is 1. The number of aliphatic imine (C=N–C) groups is 1. The number of hydrogen-bond acceptors (Lipinski definition) is 4. The van der Waals surface area contributed by atoms with Gasteiger partial charge in [-0.25, -0.2) is 4.79 Å². The van der Waals surface area contributed by atoms with Crippen LogP contribution in [0.4, 0.5) is 0 Å². The van der Waals surface area contributed by atoms with Gasteiger partial charge in [0.25, 0.3) is 0 Å². The summed E-state index contributed by atoms with van der Waals surface area (Å²) in [5.74, 6) is 1.29. The molecule has 1 fully saturated rings. The molecule has 0 radical (unpaired) electrons. The van der Waals surface area contributed by atoms with Gasteiger partial charge in [0.05, 0.1) is 12.2 Å². The fourth-order valence-electron chi connectivity index (χ4n) is 2.30. The van der Waals surface area contributed by atoms with Crippen LogP contribution < -0.4 is 10.6 Å². The van der Waals surface area contributed by atoms with Gasteiger partial charge >= 0.3 is 5.97 Å². The van der Waals surface area contributed by atoms with Crippen molar-refractivity contribution in [3.8, 4) is 0 Å². The van der Waals surface area contributed by atoms with Gasteiger partial charge in [-0.15, -0.1) is 0 Å². The second kappa shape index (κ2) is 10.7. The van der Waals surface area contributed by atoms with Crippen LogP contribution in [0.3, 0.4) is 0 Å². The van der Waals surface area contributed by atoms with Crippen molar-refractivity contribution in [2.75, 3.05) is 33.4 Å². The van der Waals surface area contributed by atoms with Gasteiger partial charge in [-0.1, -0.05) is 12.1 Å². The molecule has 6 nitrogen and oxygen atoms in total. The molecule has 0 bridgehead atoms. The van der Waals surface area contributed by atoms with Crippen molar-refractivity contribution in [3.05, 3.63) is 35.4 Å². The molecule has 2 rings (SSSR count). The van der Waals surface area contributed by atoms with Crippen LogP contribution in [0.5, 0.6) is 0 Å². The lowest BCUT2D eigenvalue weighted by Crippen LogP contribution is -2.37. The molecule has 0 saturated heterocycles. The fraction of sp³-hybridized carbons (Fsp3) is 0.579. The average Bonchev–Trinajstić information content (AvgIpc) is 3.45. The molecule has 1 aromatic carbocycles. The first-order valence-electron chi connectivity index (χ1n) is 9.01. The minimum Gasteiger partial charge on any atom is -0.462 e. The summed E-state index contributed by atoms with van der Waals surface area (Å²) in [6.07, 6.45) is 3.62. The number of ether oxygens (including phenoxy) is 2. The van der Waals surface area contributed by atoms with E-state index in [0.29, 0.717) is 18.7 Å². The number of carbonyl (C=O) groups is 1. The van der Waals surface area contributed by atoms with Crippen LogP contribution in [0.15, 0.2) is 29.3 Å². The minimum atomic E-state index is -0.289. The summed E-state index contributed by atoms with van der Waals surface area (Å²) in [4.78, 5) is 15.8. The fourth-order valence-corrected chi connectivity index (χ4v) is 2.30. The normalized spacial score (nSPS) is 14.2. The van der Waals surface area contributed by atoms with E-state index >= 15 is 0 Å². The molecular formula is C19H29N3O3. The van der Waals surface area contributed by atoms with Crippen molar-refractivity contribution >= 4 is 11.9 Å². The number of nitrogens with zero attached hydrogens (tertiary/aromatic N) is 1. The lowest BCUT2D eigenvalue weighted by Gasteiger charge is -2.12. The third-order valence-corrected chi connectivity index (χ3v) is 3.96. The Bertz CT molecular complexity index is 554. The van der Waals surface area contributed by atoms with Crippen molar-refractivity contribution in [1.29, 1.82) is 0 Å². The third-order valence-electron chi connectivity index (χ3n) is 3.96. The Hall–Kier alpha value is -2.08. The molecule has 0 unspecified atom stereocenters. The molecule has 0 atom stereocenters. The standard InChI is InChI=1S/C19H29N3O3/c1-3-25-18(23)17-9-7-15(8-10-17)13-22-19(20-2)21-11-4-12-24-14-16-5-6-16/h7-10,16H,3-6,11-14H2,1-2H3,(H2,20,21,22). The Morgan fingerprint density at radius 1 is 1.24 bits per heavy atom. The van der Waals surface area contributed by atoms with E-state index in [0.717, 1.165) is 43.6 Å². The number of benzene rings is 1. The minimum absolute atomic E-state index is 0.289. The van der Waals surface area contributed by atoms with Gasteiger partial charge in [0.1, 0.15) is 0 Å². The van der Waals surface area contributed by atoms with Crippen LogP contribution in [-0.4, -0.2) is 45.3 Å². The number of guanidine groups is 1. The Kier molecular flexibility index (Phi) is 8.25. The van der Waals surface area contributed by atoms with Crippen LogP contribution >= 0.6 is 0 Å². The number of esters is 1.